The normalized spacial score (nSPS) is 10.5. The van der Waals surface area contributed by atoms with Crippen molar-refractivity contribution in [3.63, 3.8) is 0 Å². The second-order valence-electron chi connectivity index (χ2n) is 3.98. The highest BCUT2D eigenvalue weighted by atomic mass is 79.9. The van der Waals surface area contributed by atoms with Gasteiger partial charge in [0.05, 0.1) is 5.02 Å². The van der Waals surface area contributed by atoms with Crippen molar-refractivity contribution in [1.29, 1.82) is 0 Å². The van der Waals surface area contributed by atoms with Gasteiger partial charge in [-0.05, 0) is 41.5 Å². The third kappa shape index (κ3) is 3.69. The Kier molecular flexibility index (Phi) is 4.80. The molecule has 2 rings (SSSR count). The number of hydrogen-bond donors (Lipinski definition) is 1. The molecule has 5 heteroatoms. The Morgan fingerprint density at radius 3 is 2.68 bits per heavy atom. The number of hydrogen-bond acceptors (Lipinski definition) is 2. The van der Waals surface area contributed by atoms with Crippen molar-refractivity contribution < 1.29 is 9.13 Å². The standard InChI is InChI=1S/C14H12BrClFNO/c15-11-2-4-13(16)14(6-11)19-8-9-1-3-12(17)5-10(9)7-18/h1-6H,7-8,18H2. The van der Waals surface area contributed by atoms with Crippen LogP contribution in [0.25, 0.3) is 0 Å². The van der Waals surface area contributed by atoms with Gasteiger partial charge in [0.1, 0.15) is 18.2 Å². The molecule has 0 aromatic heterocycles. The van der Waals surface area contributed by atoms with Crippen LogP contribution < -0.4 is 10.5 Å². The van der Waals surface area contributed by atoms with Crippen molar-refractivity contribution in [2.45, 2.75) is 13.2 Å². The molecule has 2 aromatic carbocycles. The lowest BCUT2D eigenvalue weighted by atomic mass is 10.1. The summed E-state index contributed by atoms with van der Waals surface area (Å²) >= 11 is 9.38. The van der Waals surface area contributed by atoms with Gasteiger partial charge in [-0.15, -0.1) is 0 Å². The monoisotopic (exact) mass is 343 g/mol. The van der Waals surface area contributed by atoms with Crippen LogP contribution in [0.2, 0.25) is 5.02 Å². The number of benzene rings is 2. The first-order valence-corrected chi connectivity index (χ1v) is 6.82. The van der Waals surface area contributed by atoms with E-state index in [0.29, 0.717) is 17.4 Å². The first-order chi connectivity index (χ1) is 9.10. The summed E-state index contributed by atoms with van der Waals surface area (Å²) < 4.78 is 19.6. The van der Waals surface area contributed by atoms with Crippen LogP contribution in [0, 0.1) is 5.82 Å². The lowest BCUT2D eigenvalue weighted by Crippen LogP contribution is -2.05. The lowest BCUT2D eigenvalue weighted by Gasteiger charge is -2.11. The minimum absolute atomic E-state index is 0.267. The molecule has 0 saturated heterocycles. The Hall–Kier alpha value is -1.10. The predicted molar refractivity (Wildman–Crippen MR) is 77.8 cm³/mol. The maximum absolute atomic E-state index is 13.1. The van der Waals surface area contributed by atoms with Crippen LogP contribution in [0.1, 0.15) is 11.1 Å². The third-order valence-electron chi connectivity index (χ3n) is 2.66. The number of rotatable bonds is 4. The van der Waals surface area contributed by atoms with Crippen LogP contribution >= 0.6 is 27.5 Å². The van der Waals surface area contributed by atoms with Crippen LogP contribution in [-0.4, -0.2) is 0 Å². The summed E-state index contributed by atoms with van der Waals surface area (Å²) in [7, 11) is 0. The number of ether oxygens (including phenoxy) is 1. The largest absolute Gasteiger partial charge is 0.487 e. The highest BCUT2D eigenvalue weighted by Gasteiger charge is 2.06. The summed E-state index contributed by atoms with van der Waals surface area (Å²) in [5, 5.41) is 0.527. The lowest BCUT2D eigenvalue weighted by molar-refractivity contribution is 0.305. The van der Waals surface area contributed by atoms with Crippen LogP contribution in [-0.2, 0) is 13.2 Å². The fourth-order valence-electron chi connectivity index (χ4n) is 1.67. The smallest absolute Gasteiger partial charge is 0.139 e. The average molecular weight is 345 g/mol. The molecule has 2 nitrogen and oxygen atoms in total. The first-order valence-electron chi connectivity index (χ1n) is 5.65. The summed E-state index contributed by atoms with van der Waals surface area (Å²) in [6.45, 7) is 0.561. The number of nitrogens with two attached hydrogens (primary N) is 1. The minimum atomic E-state index is -0.301. The average Bonchev–Trinajstić information content (AvgIpc) is 2.40. The molecule has 0 amide bonds. The van der Waals surface area contributed by atoms with Crippen molar-refractivity contribution in [2.75, 3.05) is 0 Å². The molecule has 0 aliphatic rings. The summed E-state index contributed by atoms with van der Waals surface area (Å²) in [4.78, 5) is 0. The Morgan fingerprint density at radius 2 is 1.95 bits per heavy atom. The van der Waals surface area contributed by atoms with Gasteiger partial charge in [0, 0.05) is 11.0 Å². The van der Waals surface area contributed by atoms with E-state index in [4.69, 9.17) is 22.1 Å². The van der Waals surface area contributed by atoms with Gasteiger partial charge in [-0.3, -0.25) is 0 Å². The second-order valence-corrected chi connectivity index (χ2v) is 5.30. The Labute approximate surface area is 124 Å². The van der Waals surface area contributed by atoms with Gasteiger partial charge in [-0.25, -0.2) is 4.39 Å². The highest BCUT2D eigenvalue weighted by Crippen LogP contribution is 2.28. The van der Waals surface area contributed by atoms with E-state index in [1.807, 2.05) is 6.07 Å². The Bertz CT molecular complexity index is 592. The molecule has 0 fully saturated rings. The van der Waals surface area contributed by atoms with Crippen LogP contribution in [0.5, 0.6) is 5.75 Å². The summed E-state index contributed by atoms with van der Waals surface area (Å²) in [6, 6.07) is 9.84. The van der Waals surface area contributed by atoms with Crippen molar-refractivity contribution in [1.82, 2.24) is 0 Å². The van der Waals surface area contributed by atoms with E-state index < -0.39 is 0 Å². The fraction of sp³-hybridized carbons (Fsp3) is 0.143. The van der Waals surface area contributed by atoms with E-state index in [9.17, 15) is 4.39 Å². The van der Waals surface area contributed by atoms with Crippen LogP contribution in [0.15, 0.2) is 40.9 Å². The van der Waals surface area contributed by atoms with Crippen LogP contribution in [0.4, 0.5) is 4.39 Å². The molecule has 19 heavy (non-hydrogen) atoms. The summed E-state index contributed by atoms with van der Waals surface area (Å²) in [5.74, 6) is 0.271. The first kappa shape index (κ1) is 14.3. The van der Waals surface area contributed by atoms with Crippen molar-refractivity contribution >= 4 is 27.5 Å². The van der Waals surface area contributed by atoms with E-state index in [1.54, 1.807) is 18.2 Å². The van der Waals surface area contributed by atoms with Crippen molar-refractivity contribution in [3.05, 3.63) is 62.8 Å². The van der Waals surface area contributed by atoms with E-state index >= 15 is 0 Å². The number of halogens is 3. The van der Waals surface area contributed by atoms with Gasteiger partial charge < -0.3 is 10.5 Å². The van der Waals surface area contributed by atoms with Gasteiger partial charge in [0.2, 0.25) is 0 Å². The van der Waals surface area contributed by atoms with Gasteiger partial charge in [-0.2, -0.15) is 0 Å². The molecule has 100 valence electrons. The van der Waals surface area contributed by atoms with Crippen molar-refractivity contribution in [2.24, 2.45) is 5.73 Å². The quantitative estimate of drug-likeness (QED) is 0.898. The van der Waals surface area contributed by atoms with Crippen molar-refractivity contribution in [3.8, 4) is 5.75 Å². The molecule has 0 bridgehead atoms. The van der Waals surface area contributed by atoms with E-state index in [0.717, 1.165) is 15.6 Å². The zero-order valence-electron chi connectivity index (χ0n) is 10.00. The van der Waals surface area contributed by atoms with Gasteiger partial charge >= 0.3 is 0 Å². The molecule has 0 unspecified atom stereocenters. The van der Waals surface area contributed by atoms with Gasteiger partial charge in [-0.1, -0.05) is 33.6 Å². The molecular formula is C14H12BrClFNO. The Morgan fingerprint density at radius 1 is 1.16 bits per heavy atom. The SMILES string of the molecule is NCc1cc(F)ccc1COc1cc(Br)ccc1Cl. The van der Waals surface area contributed by atoms with E-state index in [1.165, 1.54) is 12.1 Å². The predicted octanol–water partition coefficient (Wildman–Crippen LogP) is 4.28. The second kappa shape index (κ2) is 6.37. The molecule has 0 spiro atoms. The zero-order valence-corrected chi connectivity index (χ0v) is 12.3. The van der Waals surface area contributed by atoms with E-state index in [-0.39, 0.29) is 12.4 Å². The summed E-state index contributed by atoms with van der Waals surface area (Å²) in [5.41, 5.74) is 7.16. The van der Waals surface area contributed by atoms with Crippen LogP contribution in [0.3, 0.4) is 0 Å². The van der Waals surface area contributed by atoms with Gasteiger partial charge in [0.15, 0.2) is 0 Å². The highest BCUT2D eigenvalue weighted by molar-refractivity contribution is 9.10. The molecule has 0 aliphatic heterocycles. The molecule has 0 saturated carbocycles. The molecular weight excluding hydrogens is 333 g/mol. The van der Waals surface area contributed by atoms with Gasteiger partial charge in [0.25, 0.3) is 0 Å². The topological polar surface area (TPSA) is 35.2 Å². The maximum atomic E-state index is 13.1. The molecule has 0 aliphatic carbocycles. The molecule has 0 heterocycles. The molecule has 2 aromatic rings. The van der Waals surface area contributed by atoms with E-state index in [2.05, 4.69) is 15.9 Å². The molecule has 2 N–H and O–H groups in total. The molecule has 0 radical (unpaired) electrons. The minimum Gasteiger partial charge on any atom is -0.487 e. The third-order valence-corrected chi connectivity index (χ3v) is 3.47. The summed E-state index contributed by atoms with van der Waals surface area (Å²) in [6.07, 6.45) is 0. The Balaban J connectivity index is 2.16. The zero-order chi connectivity index (χ0) is 13.8. The fourth-order valence-corrected chi connectivity index (χ4v) is 2.18. The molecule has 0 atom stereocenters. The maximum Gasteiger partial charge on any atom is 0.139 e.